The van der Waals surface area contributed by atoms with Crippen LogP contribution in [0, 0.1) is 17.3 Å². The minimum absolute atomic E-state index is 0.302. The Balaban J connectivity index is 2.02. The van der Waals surface area contributed by atoms with E-state index >= 15 is 0 Å². The van der Waals surface area contributed by atoms with Gasteiger partial charge in [0.25, 0.3) is 0 Å². The molecule has 0 aromatic rings. The molecule has 2 rings (SSSR count). The Morgan fingerprint density at radius 2 is 1.87 bits per heavy atom. The second-order valence-electron chi connectivity index (χ2n) is 6.25. The zero-order valence-corrected chi connectivity index (χ0v) is 10.6. The molecule has 0 aromatic carbocycles. The first kappa shape index (κ1) is 11.4. The molecule has 2 fully saturated rings. The van der Waals surface area contributed by atoms with Crippen molar-refractivity contribution in [2.75, 3.05) is 0 Å². The second kappa shape index (κ2) is 3.76. The predicted octanol–water partition coefficient (Wildman–Crippen LogP) is 3.75. The summed E-state index contributed by atoms with van der Waals surface area (Å²) in [4.78, 5) is 0. The van der Waals surface area contributed by atoms with E-state index in [0.29, 0.717) is 5.41 Å². The van der Waals surface area contributed by atoms with Crippen molar-refractivity contribution in [2.24, 2.45) is 17.3 Å². The van der Waals surface area contributed by atoms with Gasteiger partial charge in [0.05, 0.1) is 5.60 Å². The van der Waals surface area contributed by atoms with Crippen molar-refractivity contribution in [3.8, 4) is 0 Å². The van der Waals surface area contributed by atoms with Crippen LogP contribution in [0.5, 0.6) is 0 Å². The van der Waals surface area contributed by atoms with Crippen molar-refractivity contribution in [3.63, 3.8) is 0 Å². The smallest absolute Gasteiger partial charge is 0.0656 e. The van der Waals surface area contributed by atoms with Gasteiger partial charge in [0, 0.05) is 0 Å². The topological polar surface area (TPSA) is 20.2 Å². The zero-order valence-electron chi connectivity index (χ0n) is 10.6. The lowest BCUT2D eigenvalue weighted by Gasteiger charge is -2.60. The monoisotopic (exact) mass is 210 g/mol. The van der Waals surface area contributed by atoms with Crippen LogP contribution in [-0.4, -0.2) is 10.7 Å². The molecule has 1 spiro atoms. The maximum Gasteiger partial charge on any atom is 0.0656 e. The number of hydrogen-bond donors (Lipinski definition) is 1. The third-order valence-electron chi connectivity index (χ3n) is 5.35. The molecule has 0 bridgehead atoms. The van der Waals surface area contributed by atoms with Crippen LogP contribution in [0.15, 0.2) is 0 Å². The van der Waals surface area contributed by atoms with Crippen LogP contribution in [0.1, 0.15) is 65.7 Å². The van der Waals surface area contributed by atoms with Crippen LogP contribution in [0.25, 0.3) is 0 Å². The number of hydrogen-bond acceptors (Lipinski definition) is 1. The first-order valence-electron chi connectivity index (χ1n) is 6.76. The Morgan fingerprint density at radius 3 is 2.40 bits per heavy atom. The molecule has 1 heteroatoms. The van der Waals surface area contributed by atoms with Gasteiger partial charge in [-0.3, -0.25) is 0 Å². The normalized spacial score (nSPS) is 50.4. The molecule has 2 aliphatic rings. The molecule has 2 atom stereocenters. The molecule has 15 heavy (non-hydrogen) atoms. The lowest BCUT2D eigenvalue weighted by atomic mass is 9.47. The molecule has 0 aliphatic heterocycles. The molecule has 0 heterocycles. The van der Waals surface area contributed by atoms with Gasteiger partial charge in [-0.2, -0.15) is 0 Å². The van der Waals surface area contributed by atoms with Crippen molar-refractivity contribution < 1.29 is 5.11 Å². The molecular formula is C14H26O. The van der Waals surface area contributed by atoms with Gasteiger partial charge in [0.15, 0.2) is 0 Å². The van der Waals surface area contributed by atoms with Crippen LogP contribution >= 0.6 is 0 Å². The minimum Gasteiger partial charge on any atom is -0.390 e. The summed E-state index contributed by atoms with van der Waals surface area (Å²) in [6.45, 7) is 6.85. The molecule has 1 N–H and O–H groups in total. The van der Waals surface area contributed by atoms with Crippen LogP contribution in [-0.2, 0) is 0 Å². The average molecular weight is 210 g/mol. The van der Waals surface area contributed by atoms with Crippen LogP contribution < -0.4 is 0 Å². The summed E-state index contributed by atoms with van der Waals surface area (Å²) in [5, 5.41) is 10.2. The van der Waals surface area contributed by atoms with E-state index in [0.717, 1.165) is 31.1 Å². The highest BCUT2D eigenvalue weighted by Crippen LogP contribution is 2.61. The maximum absolute atomic E-state index is 10.2. The highest BCUT2D eigenvalue weighted by Gasteiger charge is 2.56. The lowest BCUT2D eigenvalue weighted by molar-refractivity contribution is -0.173. The summed E-state index contributed by atoms with van der Waals surface area (Å²) >= 11 is 0. The first-order valence-corrected chi connectivity index (χ1v) is 6.76. The van der Waals surface area contributed by atoms with Crippen LogP contribution in [0.2, 0.25) is 0 Å². The standard InChI is InChI=1S/C14H26O/c1-4-12-7-6-11(3)13(8-12)9-14(15,5-2)10-13/h11-12,15H,4-10H2,1-3H3. The number of aliphatic hydroxyl groups is 1. The van der Waals surface area contributed by atoms with Crippen molar-refractivity contribution in [1.29, 1.82) is 0 Å². The summed E-state index contributed by atoms with van der Waals surface area (Å²) in [6.07, 6.45) is 8.62. The van der Waals surface area contributed by atoms with Gasteiger partial charge in [0.2, 0.25) is 0 Å². The Morgan fingerprint density at radius 1 is 1.20 bits per heavy atom. The van der Waals surface area contributed by atoms with E-state index in [9.17, 15) is 5.11 Å². The predicted molar refractivity (Wildman–Crippen MR) is 63.7 cm³/mol. The van der Waals surface area contributed by atoms with Gasteiger partial charge >= 0.3 is 0 Å². The molecule has 2 aliphatic carbocycles. The summed E-state index contributed by atoms with van der Waals surface area (Å²) in [7, 11) is 0. The van der Waals surface area contributed by atoms with E-state index in [4.69, 9.17) is 0 Å². The van der Waals surface area contributed by atoms with E-state index in [1.54, 1.807) is 0 Å². The number of rotatable bonds is 2. The summed E-state index contributed by atoms with van der Waals surface area (Å²) in [5.74, 6) is 1.77. The SMILES string of the molecule is CCC1CCC(C)C2(C1)CC(O)(CC)C2. The fourth-order valence-electron chi connectivity index (χ4n) is 4.02. The first-order chi connectivity index (χ1) is 7.03. The third-order valence-corrected chi connectivity index (χ3v) is 5.35. The summed E-state index contributed by atoms with van der Waals surface area (Å²) < 4.78 is 0. The lowest BCUT2D eigenvalue weighted by Crippen LogP contribution is -2.56. The Bertz CT molecular complexity index is 222. The fraction of sp³-hybridized carbons (Fsp3) is 1.00. The molecule has 0 radical (unpaired) electrons. The molecule has 0 amide bonds. The minimum atomic E-state index is -0.302. The molecule has 0 aromatic heterocycles. The van der Waals surface area contributed by atoms with Crippen molar-refractivity contribution >= 4 is 0 Å². The Hall–Kier alpha value is -0.0400. The highest BCUT2D eigenvalue weighted by atomic mass is 16.3. The van der Waals surface area contributed by atoms with E-state index in [2.05, 4.69) is 20.8 Å². The van der Waals surface area contributed by atoms with Gasteiger partial charge < -0.3 is 5.11 Å². The highest BCUT2D eigenvalue weighted by molar-refractivity contribution is 5.07. The maximum atomic E-state index is 10.2. The molecule has 2 saturated carbocycles. The van der Waals surface area contributed by atoms with E-state index < -0.39 is 0 Å². The Kier molecular flexibility index (Phi) is 2.87. The average Bonchev–Trinajstić information content (AvgIpc) is 2.19. The van der Waals surface area contributed by atoms with Crippen LogP contribution in [0.4, 0.5) is 0 Å². The largest absolute Gasteiger partial charge is 0.390 e. The molecule has 2 unspecified atom stereocenters. The molecule has 0 saturated heterocycles. The van der Waals surface area contributed by atoms with Gasteiger partial charge in [-0.1, -0.05) is 33.6 Å². The quantitative estimate of drug-likeness (QED) is 0.736. The van der Waals surface area contributed by atoms with E-state index in [-0.39, 0.29) is 5.60 Å². The van der Waals surface area contributed by atoms with Gasteiger partial charge in [-0.15, -0.1) is 0 Å². The molecular weight excluding hydrogens is 184 g/mol. The Labute approximate surface area is 94.3 Å². The molecule has 88 valence electrons. The van der Waals surface area contributed by atoms with Gasteiger partial charge in [-0.05, 0) is 49.4 Å². The van der Waals surface area contributed by atoms with Crippen molar-refractivity contribution in [3.05, 3.63) is 0 Å². The second-order valence-corrected chi connectivity index (χ2v) is 6.25. The third kappa shape index (κ3) is 1.84. The van der Waals surface area contributed by atoms with E-state index in [1.165, 1.54) is 25.7 Å². The van der Waals surface area contributed by atoms with Gasteiger partial charge in [0.1, 0.15) is 0 Å². The summed E-state index contributed by atoms with van der Waals surface area (Å²) in [5.41, 5.74) is 0.216. The fourth-order valence-corrected chi connectivity index (χ4v) is 4.02. The summed E-state index contributed by atoms with van der Waals surface area (Å²) in [6, 6.07) is 0. The zero-order chi connectivity index (χ0) is 11.1. The van der Waals surface area contributed by atoms with Crippen LogP contribution in [0.3, 0.4) is 0 Å². The van der Waals surface area contributed by atoms with Crippen molar-refractivity contribution in [1.82, 2.24) is 0 Å². The van der Waals surface area contributed by atoms with Gasteiger partial charge in [-0.25, -0.2) is 0 Å². The van der Waals surface area contributed by atoms with Crippen molar-refractivity contribution in [2.45, 2.75) is 71.3 Å². The van der Waals surface area contributed by atoms with E-state index in [1.807, 2.05) is 0 Å². The molecule has 1 nitrogen and oxygen atoms in total.